The molecule has 1 saturated heterocycles. The number of ether oxygens (including phenoxy) is 2. The Morgan fingerprint density at radius 2 is 1.94 bits per heavy atom. The van der Waals surface area contributed by atoms with Crippen molar-refractivity contribution < 1.29 is 23.6 Å². The summed E-state index contributed by atoms with van der Waals surface area (Å²) < 4.78 is 16.2. The fourth-order valence-corrected chi connectivity index (χ4v) is 4.09. The molecule has 0 N–H and O–H groups in total. The van der Waals surface area contributed by atoms with Crippen LogP contribution in [0.15, 0.2) is 47.0 Å². The Morgan fingerprint density at radius 3 is 2.69 bits per heavy atom. The van der Waals surface area contributed by atoms with E-state index in [9.17, 15) is 9.59 Å². The Hall–Kier alpha value is -3.88. The van der Waals surface area contributed by atoms with Crippen molar-refractivity contribution in [2.75, 3.05) is 36.6 Å². The first-order valence-electron chi connectivity index (χ1n) is 10.4. The van der Waals surface area contributed by atoms with E-state index in [0.717, 1.165) is 11.4 Å². The fourth-order valence-electron chi connectivity index (χ4n) is 4.09. The number of aromatic nitrogens is 2. The molecule has 3 heterocycles. The molecular formula is C23H22N4O5. The lowest BCUT2D eigenvalue weighted by molar-refractivity contribution is -0.121. The quantitative estimate of drug-likeness (QED) is 0.609. The number of amides is 2. The van der Waals surface area contributed by atoms with E-state index >= 15 is 0 Å². The van der Waals surface area contributed by atoms with Crippen LogP contribution in [0.1, 0.15) is 25.2 Å². The number of anilines is 2. The van der Waals surface area contributed by atoms with Crippen molar-refractivity contribution in [2.24, 2.45) is 0 Å². The van der Waals surface area contributed by atoms with Gasteiger partial charge in [-0.25, -0.2) is 0 Å². The lowest BCUT2D eigenvalue weighted by Gasteiger charge is -2.28. The van der Waals surface area contributed by atoms with Gasteiger partial charge in [-0.2, -0.15) is 4.98 Å². The maximum absolute atomic E-state index is 12.6. The van der Waals surface area contributed by atoms with Crippen LogP contribution in [0.5, 0.6) is 11.5 Å². The summed E-state index contributed by atoms with van der Waals surface area (Å²) in [4.78, 5) is 32.7. The SMILES string of the molecule is CCN1C(=O)COc2ccc(-c3noc(C4CC(=O)N(c5ccc(OC)cc5)C4)n3)cc21. The number of carbonyl (C=O) groups is 2. The molecule has 2 aliphatic rings. The first kappa shape index (κ1) is 20.0. The second-order valence-corrected chi connectivity index (χ2v) is 7.67. The van der Waals surface area contributed by atoms with Gasteiger partial charge in [0.25, 0.3) is 5.91 Å². The normalized spacial score (nSPS) is 18.0. The average molecular weight is 434 g/mol. The minimum Gasteiger partial charge on any atom is -0.497 e. The molecule has 1 fully saturated rings. The van der Waals surface area contributed by atoms with Gasteiger partial charge in [-0.3, -0.25) is 9.59 Å². The summed E-state index contributed by atoms with van der Waals surface area (Å²) >= 11 is 0. The minimum absolute atomic E-state index is 0.00273. The van der Waals surface area contributed by atoms with Crippen LogP contribution in [-0.2, 0) is 9.59 Å². The highest BCUT2D eigenvalue weighted by molar-refractivity contribution is 5.98. The molecule has 9 heteroatoms. The molecule has 0 radical (unpaired) electrons. The smallest absolute Gasteiger partial charge is 0.265 e. The number of carbonyl (C=O) groups excluding carboxylic acids is 2. The van der Waals surface area contributed by atoms with Crippen LogP contribution >= 0.6 is 0 Å². The van der Waals surface area contributed by atoms with Crippen LogP contribution in [0.3, 0.4) is 0 Å². The molecule has 2 amide bonds. The lowest BCUT2D eigenvalue weighted by atomic mass is 10.1. The maximum atomic E-state index is 12.6. The fraction of sp³-hybridized carbons (Fsp3) is 0.304. The van der Waals surface area contributed by atoms with Gasteiger partial charge in [0.1, 0.15) is 11.5 Å². The maximum Gasteiger partial charge on any atom is 0.265 e. The zero-order chi connectivity index (χ0) is 22.2. The topological polar surface area (TPSA) is 98.0 Å². The average Bonchev–Trinajstić information content (AvgIpc) is 3.46. The summed E-state index contributed by atoms with van der Waals surface area (Å²) in [5.74, 6) is 1.93. The van der Waals surface area contributed by atoms with Gasteiger partial charge in [0, 0.05) is 30.8 Å². The van der Waals surface area contributed by atoms with Crippen LogP contribution < -0.4 is 19.3 Å². The Balaban J connectivity index is 1.37. The van der Waals surface area contributed by atoms with E-state index in [1.807, 2.05) is 43.3 Å². The Morgan fingerprint density at radius 1 is 1.12 bits per heavy atom. The summed E-state index contributed by atoms with van der Waals surface area (Å²) in [7, 11) is 1.60. The number of benzene rings is 2. The summed E-state index contributed by atoms with van der Waals surface area (Å²) in [6, 6.07) is 12.8. The Kier molecular flexibility index (Phi) is 5.01. The van der Waals surface area contributed by atoms with Crippen LogP contribution in [0.25, 0.3) is 11.4 Å². The van der Waals surface area contributed by atoms with Gasteiger partial charge >= 0.3 is 0 Å². The standard InChI is InChI=1S/C23H22N4O5/c1-3-26-18-10-14(4-9-19(18)31-13-21(26)29)22-24-23(32-25-22)15-11-20(28)27(12-15)16-5-7-17(30-2)8-6-16/h4-10,15H,3,11-13H2,1-2H3. The number of hydrogen-bond acceptors (Lipinski definition) is 7. The third-order valence-electron chi connectivity index (χ3n) is 5.78. The summed E-state index contributed by atoms with van der Waals surface area (Å²) in [6.07, 6.45) is 0.295. The molecule has 3 aromatic rings. The number of nitrogens with zero attached hydrogens (tertiary/aromatic N) is 4. The summed E-state index contributed by atoms with van der Waals surface area (Å²) in [6.45, 7) is 2.95. The molecule has 32 heavy (non-hydrogen) atoms. The zero-order valence-corrected chi connectivity index (χ0v) is 17.8. The number of methoxy groups -OCH3 is 1. The van der Waals surface area contributed by atoms with E-state index in [-0.39, 0.29) is 24.3 Å². The highest BCUT2D eigenvalue weighted by Gasteiger charge is 2.35. The molecule has 0 saturated carbocycles. The zero-order valence-electron chi connectivity index (χ0n) is 17.8. The number of likely N-dealkylation sites (N-methyl/N-ethyl adjacent to an activating group) is 1. The number of rotatable bonds is 5. The van der Waals surface area contributed by atoms with E-state index in [1.54, 1.807) is 23.0 Å². The Bertz CT molecular complexity index is 1170. The molecule has 0 spiro atoms. The molecule has 0 bridgehead atoms. The van der Waals surface area contributed by atoms with Crippen molar-refractivity contribution in [3.05, 3.63) is 48.4 Å². The molecule has 164 valence electrons. The van der Waals surface area contributed by atoms with Crippen LogP contribution in [-0.4, -0.2) is 48.8 Å². The molecule has 2 aliphatic heterocycles. The van der Waals surface area contributed by atoms with E-state index in [1.165, 1.54) is 0 Å². The van der Waals surface area contributed by atoms with Crippen molar-refractivity contribution in [3.8, 4) is 22.9 Å². The first-order chi connectivity index (χ1) is 15.6. The van der Waals surface area contributed by atoms with Crippen LogP contribution in [0, 0.1) is 0 Å². The molecule has 1 aromatic heterocycles. The van der Waals surface area contributed by atoms with Gasteiger partial charge in [0.15, 0.2) is 6.61 Å². The third-order valence-corrected chi connectivity index (χ3v) is 5.78. The summed E-state index contributed by atoms with van der Waals surface area (Å²) in [5.41, 5.74) is 2.21. The molecule has 9 nitrogen and oxygen atoms in total. The number of fused-ring (bicyclic) bond motifs is 1. The van der Waals surface area contributed by atoms with E-state index in [2.05, 4.69) is 10.1 Å². The predicted octanol–water partition coefficient (Wildman–Crippen LogP) is 3.01. The molecule has 2 aromatic carbocycles. The van der Waals surface area contributed by atoms with Crippen molar-refractivity contribution in [2.45, 2.75) is 19.3 Å². The second-order valence-electron chi connectivity index (χ2n) is 7.67. The minimum atomic E-state index is -0.194. The molecular weight excluding hydrogens is 412 g/mol. The summed E-state index contributed by atoms with van der Waals surface area (Å²) in [5, 5.41) is 4.12. The van der Waals surface area contributed by atoms with E-state index in [4.69, 9.17) is 14.0 Å². The number of hydrogen-bond donors (Lipinski definition) is 0. The van der Waals surface area contributed by atoms with Crippen molar-refractivity contribution in [1.29, 1.82) is 0 Å². The van der Waals surface area contributed by atoms with Gasteiger partial charge in [0.05, 0.1) is 18.7 Å². The third kappa shape index (κ3) is 3.45. The van der Waals surface area contributed by atoms with Gasteiger partial charge in [-0.05, 0) is 49.4 Å². The van der Waals surface area contributed by atoms with Crippen molar-refractivity contribution >= 4 is 23.2 Å². The highest BCUT2D eigenvalue weighted by atomic mass is 16.5. The van der Waals surface area contributed by atoms with Gasteiger partial charge in [-0.1, -0.05) is 5.16 Å². The van der Waals surface area contributed by atoms with Crippen LogP contribution in [0.4, 0.5) is 11.4 Å². The van der Waals surface area contributed by atoms with Gasteiger partial charge in [0.2, 0.25) is 17.6 Å². The largest absolute Gasteiger partial charge is 0.497 e. The predicted molar refractivity (Wildman–Crippen MR) is 116 cm³/mol. The van der Waals surface area contributed by atoms with E-state index < -0.39 is 0 Å². The van der Waals surface area contributed by atoms with E-state index in [0.29, 0.717) is 48.2 Å². The monoisotopic (exact) mass is 434 g/mol. The first-order valence-corrected chi connectivity index (χ1v) is 10.4. The Labute approximate surface area is 184 Å². The van der Waals surface area contributed by atoms with Gasteiger partial charge < -0.3 is 23.8 Å². The molecule has 5 rings (SSSR count). The second kappa shape index (κ2) is 7.99. The van der Waals surface area contributed by atoms with Crippen molar-refractivity contribution in [3.63, 3.8) is 0 Å². The molecule has 1 unspecified atom stereocenters. The molecule has 0 aliphatic carbocycles. The van der Waals surface area contributed by atoms with Gasteiger partial charge in [-0.15, -0.1) is 0 Å². The highest BCUT2D eigenvalue weighted by Crippen LogP contribution is 2.36. The lowest BCUT2D eigenvalue weighted by Crippen LogP contribution is -2.38. The molecule has 1 atom stereocenters. The van der Waals surface area contributed by atoms with Crippen molar-refractivity contribution in [1.82, 2.24) is 10.1 Å². The van der Waals surface area contributed by atoms with Crippen LogP contribution in [0.2, 0.25) is 0 Å².